The molecule has 2 unspecified atom stereocenters. The third-order valence-electron chi connectivity index (χ3n) is 3.83. The summed E-state index contributed by atoms with van der Waals surface area (Å²) in [6.45, 7) is 3.35. The Morgan fingerprint density at radius 3 is 3.00 bits per heavy atom. The molecular weight excluding hydrogens is 292 g/mol. The highest BCUT2D eigenvalue weighted by molar-refractivity contribution is 5.85. The number of morpholine rings is 1. The molecule has 2 aliphatic heterocycles. The van der Waals surface area contributed by atoms with Crippen LogP contribution in [0, 0.1) is 0 Å². The first-order chi connectivity index (χ1) is 9.84. The molecule has 1 amide bonds. The molecule has 0 spiro atoms. The van der Waals surface area contributed by atoms with Crippen LogP contribution in [0.2, 0.25) is 0 Å². The number of ether oxygens (including phenoxy) is 2. The molecule has 5 nitrogen and oxygen atoms in total. The van der Waals surface area contributed by atoms with Crippen LogP contribution in [0.4, 0.5) is 0 Å². The van der Waals surface area contributed by atoms with Gasteiger partial charge in [0.2, 0.25) is 5.91 Å². The molecule has 3 rings (SSSR count). The Bertz CT molecular complexity index is 478. The SMILES string of the molecule is Cl.O=C(NCC1CCOc2ccccc21)C1CNCCO1. The van der Waals surface area contributed by atoms with Crippen LogP contribution in [0.1, 0.15) is 17.9 Å². The summed E-state index contributed by atoms with van der Waals surface area (Å²) in [6.07, 6.45) is 0.569. The smallest absolute Gasteiger partial charge is 0.250 e. The normalized spacial score (nSPS) is 24.2. The molecule has 0 aromatic heterocycles. The zero-order valence-corrected chi connectivity index (χ0v) is 12.7. The summed E-state index contributed by atoms with van der Waals surface area (Å²) in [6, 6.07) is 8.04. The molecule has 1 aromatic carbocycles. The van der Waals surface area contributed by atoms with Gasteiger partial charge in [-0.15, -0.1) is 12.4 Å². The molecule has 0 aliphatic carbocycles. The van der Waals surface area contributed by atoms with Crippen LogP contribution in [0.15, 0.2) is 24.3 Å². The standard InChI is InChI=1S/C15H20N2O3.ClH/c18-15(14-10-16-6-8-20-14)17-9-11-5-7-19-13-4-2-1-3-12(11)13;/h1-4,11,14,16H,5-10H2,(H,17,18);1H. The minimum Gasteiger partial charge on any atom is -0.493 e. The molecule has 2 N–H and O–H groups in total. The van der Waals surface area contributed by atoms with Crippen molar-refractivity contribution >= 4 is 18.3 Å². The van der Waals surface area contributed by atoms with Crippen LogP contribution >= 0.6 is 12.4 Å². The maximum Gasteiger partial charge on any atom is 0.250 e. The number of carbonyl (C=O) groups is 1. The Morgan fingerprint density at radius 1 is 1.33 bits per heavy atom. The van der Waals surface area contributed by atoms with Crippen molar-refractivity contribution < 1.29 is 14.3 Å². The van der Waals surface area contributed by atoms with Crippen molar-refractivity contribution in [2.24, 2.45) is 0 Å². The van der Waals surface area contributed by atoms with Gasteiger partial charge < -0.3 is 20.1 Å². The zero-order valence-electron chi connectivity index (χ0n) is 11.8. The number of para-hydroxylation sites is 1. The number of hydrogen-bond donors (Lipinski definition) is 2. The summed E-state index contributed by atoms with van der Waals surface area (Å²) in [7, 11) is 0. The molecule has 2 heterocycles. The van der Waals surface area contributed by atoms with Crippen molar-refractivity contribution in [2.45, 2.75) is 18.4 Å². The zero-order chi connectivity index (χ0) is 13.8. The lowest BCUT2D eigenvalue weighted by Gasteiger charge is -2.27. The van der Waals surface area contributed by atoms with E-state index in [0.717, 1.165) is 18.7 Å². The molecule has 1 aromatic rings. The number of carbonyl (C=O) groups excluding carboxylic acids is 1. The van der Waals surface area contributed by atoms with Crippen molar-refractivity contribution in [3.63, 3.8) is 0 Å². The number of hydrogen-bond acceptors (Lipinski definition) is 4. The van der Waals surface area contributed by atoms with E-state index in [9.17, 15) is 4.79 Å². The average molecular weight is 313 g/mol. The van der Waals surface area contributed by atoms with Gasteiger partial charge in [0.05, 0.1) is 13.2 Å². The molecule has 0 radical (unpaired) electrons. The maximum absolute atomic E-state index is 12.0. The molecule has 21 heavy (non-hydrogen) atoms. The summed E-state index contributed by atoms with van der Waals surface area (Å²) in [4.78, 5) is 12.0. The number of nitrogens with one attached hydrogen (secondary N) is 2. The predicted octanol–water partition coefficient (Wildman–Crippen LogP) is 1.08. The molecular formula is C15H21ClN2O3. The summed E-state index contributed by atoms with van der Waals surface area (Å²) in [5, 5.41) is 6.17. The van der Waals surface area contributed by atoms with Crippen molar-refractivity contribution in [1.29, 1.82) is 0 Å². The monoisotopic (exact) mass is 312 g/mol. The van der Waals surface area contributed by atoms with Gasteiger partial charge in [0.1, 0.15) is 11.9 Å². The van der Waals surface area contributed by atoms with Crippen molar-refractivity contribution in [2.75, 3.05) is 32.8 Å². The molecule has 1 saturated heterocycles. The highest BCUT2D eigenvalue weighted by Gasteiger charge is 2.25. The molecule has 0 bridgehead atoms. The Hall–Kier alpha value is -1.30. The molecule has 2 aliphatic rings. The van der Waals surface area contributed by atoms with Gasteiger partial charge >= 0.3 is 0 Å². The van der Waals surface area contributed by atoms with Crippen molar-refractivity contribution in [3.05, 3.63) is 29.8 Å². The van der Waals surface area contributed by atoms with Gasteiger partial charge in [-0.3, -0.25) is 4.79 Å². The van der Waals surface area contributed by atoms with Crippen LogP contribution in [-0.2, 0) is 9.53 Å². The molecule has 6 heteroatoms. The van der Waals surface area contributed by atoms with E-state index in [-0.39, 0.29) is 24.4 Å². The Labute approximate surface area is 130 Å². The second kappa shape index (κ2) is 7.64. The van der Waals surface area contributed by atoms with Gasteiger partial charge in [-0.1, -0.05) is 18.2 Å². The Balaban J connectivity index is 0.00000161. The van der Waals surface area contributed by atoms with Crippen LogP contribution in [0.5, 0.6) is 5.75 Å². The second-order valence-corrected chi connectivity index (χ2v) is 5.18. The fraction of sp³-hybridized carbons (Fsp3) is 0.533. The van der Waals surface area contributed by atoms with Gasteiger partial charge in [0, 0.05) is 25.6 Å². The van der Waals surface area contributed by atoms with Crippen molar-refractivity contribution in [1.82, 2.24) is 10.6 Å². The molecule has 0 saturated carbocycles. The fourth-order valence-corrected chi connectivity index (χ4v) is 2.70. The quantitative estimate of drug-likeness (QED) is 0.877. The highest BCUT2D eigenvalue weighted by atomic mass is 35.5. The van der Waals surface area contributed by atoms with E-state index in [2.05, 4.69) is 16.7 Å². The summed E-state index contributed by atoms with van der Waals surface area (Å²) in [5.41, 5.74) is 1.18. The first kappa shape index (κ1) is 16.1. The number of halogens is 1. The third-order valence-corrected chi connectivity index (χ3v) is 3.83. The molecule has 1 fully saturated rings. The number of benzene rings is 1. The Morgan fingerprint density at radius 2 is 2.19 bits per heavy atom. The van der Waals surface area contributed by atoms with E-state index in [1.165, 1.54) is 5.56 Å². The average Bonchev–Trinajstić information content (AvgIpc) is 2.53. The number of fused-ring (bicyclic) bond motifs is 1. The van der Waals surface area contributed by atoms with Gasteiger partial charge in [0.15, 0.2) is 0 Å². The maximum atomic E-state index is 12.0. The Kier molecular flexibility index (Phi) is 5.85. The lowest BCUT2D eigenvalue weighted by molar-refractivity contribution is -0.134. The lowest BCUT2D eigenvalue weighted by atomic mass is 9.93. The first-order valence-corrected chi connectivity index (χ1v) is 7.16. The van der Waals surface area contributed by atoms with Gasteiger partial charge in [-0.2, -0.15) is 0 Å². The van der Waals surface area contributed by atoms with Crippen LogP contribution < -0.4 is 15.4 Å². The lowest BCUT2D eigenvalue weighted by Crippen LogP contribution is -2.48. The van der Waals surface area contributed by atoms with Crippen LogP contribution in [0.3, 0.4) is 0 Å². The van der Waals surface area contributed by atoms with E-state index >= 15 is 0 Å². The summed E-state index contributed by atoms with van der Waals surface area (Å²) >= 11 is 0. The summed E-state index contributed by atoms with van der Waals surface area (Å²) in [5.74, 6) is 1.23. The predicted molar refractivity (Wildman–Crippen MR) is 82.2 cm³/mol. The van der Waals surface area contributed by atoms with Crippen LogP contribution in [0.25, 0.3) is 0 Å². The van der Waals surface area contributed by atoms with E-state index < -0.39 is 0 Å². The second-order valence-electron chi connectivity index (χ2n) is 5.18. The van der Waals surface area contributed by atoms with E-state index in [4.69, 9.17) is 9.47 Å². The van der Waals surface area contributed by atoms with E-state index in [1.807, 2.05) is 18.2 Å². The van der Waals surface area contributed by atoms with Gasteiger partial charge in [-0.05, 0) is 18.1 Å². The fourth-order valence-electron chi connectivity index (χ4n) is 2.70. The van der Waals surface area contributed by atoms with Gasteiger partial charge in [-0.25, -0.2) is 0 Å². The minimum atomic E-state index is -0.362. The van der Waals surface area contributed by atoms with Gasteiger partial charge in [0.25, 0.3) is 0 Å². The molecule has 2 atom stereocenters. The minimum absolute atomic E-state index is 0. The van der Waals surface area contributed by atoms with Crippen molar-refractivity contribution in [3.8, 4) is 5.75 Å². The first-order valence-electron chi connectivity index (χ1n) is 7.16. The van der Waals surface area contributed by atoms with E-state index in [0.29, 0.717) is 32.2 Å². The van der Waals surface area contributed by atoms with E-state index in [1.54, 1.807) is 0 Å². The topological polar surface area (TPSA) is 59.6 Å². The number of amides is 1. The van der Waals surface area contributed by atoms with Crippen LogP contribution in [-0.4, -0.2) is 44.9 Å². The molecule has 116 valence electrons. The highest BCUT2D eigenvalue weighted by Crippen LogP contribution is 2.32. The summed E-state index contributed by atoms with van der Waals surface area (Å²) < 4.78 is 11.1. The largest absolute Gasteiger partial charge is 0.493 e. The third kappa shape index (κ3) is 3.87. The number of rotatable bonds is 3.